The Bertz CT molecular complexity index is 585. The van der Waals surface area contributed by atoms with Gasteiger partial charge in [-0.2, -0.15) is 8.78 Å². The van der Waals surface area contributed by atoms with Crippen LogP contribution in [0.3, 0.4) is 0 Å². The van der Waals surface area contributed by atoms with E-state index in [4.69, 9.17) is 5.11 Å². The van der Waals surface area contributed by atoms with Gasteiger partial charge in [0.2, 0.25) is 5.75 Å². The van der Waals surface area contributed by atoms with Crippen molar-refractivity contribution in [3.05, 3.63) is 39.4 Å². The van der Waals surface area contributed by atoms with E-state index in [0.717, 1.165) is 18.2 Å². The molecule has 9 heteroatoms. The molecular weight excluding hydrogens is 280 g/mol. The molecule has 0 aliphatic carbocycles. The molecule has 0 saturated carbocycles. The highest BCUT2D eigenvalue weighted by Gasteiger charge is 2.23. The number of carboxylic acid groups (broad SMARTS) is 1. The van der Waals surface area contributed by atoms with Crippen molar-refractivity contribution in [1.82, 2.24) is 0 Å². The molecule has 106 valence electrons. The first-order valence-electron chi connectivity index (χ1n) is 4.98. The highest BCUT2D eigenvalue weighted by molar-refractivity contribution is 5.88. The summed E-state index contributed by atoms with van der Waals surface area (Å²) < 4.78 is 28.3. The average Bonchev–Trinajstić information content (AvgIpc) is 2.36. The fourth-order valence-electron chi connectivity index (χ4n) is 1.36. The zero-order chi connectivity index (χ0) is 15.3. The minimum absolute atomic E-state index is 0.0113. The fourth-order valence-corrected chi connectivity index (χ4v) is 1.36. The van der Waals surface area contributed by atoms with Crippen LogP contribution in [0.2, 0.25) is 0 Å². The standard InChI is InChI=1S/C11H7F2NO6/c12-11(13)20-10-7(5-15)3-6(1-2-9(16)17)4-8(10)14(18)19/h1-5,11H,(H,16,17)/b2-1+. The van der Waals surface area contributed by atoms with E-state index in [9.17, 15) is 28.5 Å². The predicted octanol–water partition coefficient (Wildman–Crippen LogP) is 2.11. The summed E-state index contributed by atoms with van der Waals surface area (Å²) in [6.45, 7) is -3.34. The van der Waals surface area contributed by atoms with Crippen molar-refractivity contribution in [1.29, 1.82) is 0 Å². The van der Waals surface area contributed by atoms with Gasteiger partial charge in [0.25, 0.3) is 0 Å². The van der Waals surface area contributed by atoms with Gasteiger partial charge in [0, 0.05) is 12.1 Å². The Labute approximate surface area is 110 Å². The van der Waals surface area contributed by atoms with Crippen LogP contribution in [-0.4, -0.2) is 28.9 Å². The van der Waals surface area contributed by atoms with Gasteiger partial charge >= 0.3 is 18.3 Å². The summed E-state index contributed by atoms with van der Waals surface area (Å²) in [5.74, 6) is -2.18. The molecule has 0 spiro atoms. The minimum atomic E-state index is -3.34. The van der Waals surface area contributed by atoms with Crippen LogP contribution in [0.15, 0.2) is 18.2 Å². The maximum Gasteiger partial charge on any atom is 0.387 e. The monoisotopic (exact) mass is 287 g/mol. The molecule has 0 saturated heterocycles. The third-order valence-corrected chi connectivity index (χ3v) is 2.07. The molecule has 20 heavy (non-hydrogen) atoms. The Balaban J connectivity index is 3.41. The zero-order valence-corrected chi connectivity index (χ0v) is 9.66. The number of carbonyl (C=O) groups excluding carboxylic acids is 1. The zero-order valence-electron chi connectivity index (χ0n) is 9.66. The lowest BCUT2D eigenvalue weighted by Gasteiger charge is -2.08. The number of nitro groups is 1. The number of ether oxygens (including phenoxy) is 1. The Kier molecular flexibility index (Phi) is 4.84. The molecule has 0 aliphatic rings. The summed E-state index contributed by atoms with van der Waals surface area (Å²) in [4.78, 5) is 30.9. The Morgan fingerprint density at radius 3 is 2.55 bits per heavy atom. The molecule has 0 aliphatic heterocycles. The summed E-state index contributed by atoms with van der Waals surface area (Å²) in [5, 5.41) is 19.2. The highest BCUT2D eigenvalue weighted by Crippen LogP contribution is 2.33. The largest absolute Gasteiger partial charge is 0.478 e. The number of alkyl halides is 2. The second-order valence-corrected chi connectivity index (χ2v) is 3.38. The quantitative estimate of drug-likeness (QED) is 0.371. The van der Waals surface area contributed by atoms with Gasteiger partial charge in [-0.15, -0.1) is 0 Å². The Hall–Kier alpha value is -2.84. The fraction of sp³-hybridized carbons (Fsp3) is 0.0909. The molecule has 0 aromatic heterocycles. The number of nitrogens with zero attached hydrogens (tertiary/aromatic N) is 1. The molecule has 0 atom stereocenters. The molecule has 1 rings (SSSR count). The molecule has 1 N–H and O–H groups in total. The number of hydrogen-bond donors (Lipinski definition) is 1. The lowest BCUT2D eigenvalue weighted by Crippen LogP contribution is -2.07. The first-order valence-corrected chi connectivity index (χ1v) is 4.98. The third-order valence-electron chi connectivity index (χ3n) is 2.07. The molecule has 0 heterocycles. The first-order chi connectivity index (χ1) is 9.35. The maximum absolute atomic E-state index is 12.2. The minimum Gasteiger partial charge on any atom is -0.478 e. The third kappa shape index (κ3) is 3.83. The number of carbonyl (C=O) groups is 2. The lowest BCUT2D eigenvalue weighted by molar-refractivity contribution is -0.386. The van der Waals surface area contributed by atoms with Crippen molar-refractivity contribution in [2.45, 2.75) is 6.61 Å². The maximum atomic E-state index is 12.2. The topological polar surface area (TPSA) is 107 Å². The molecule has 0 unspecified atom stereocenters. The van der Waals surface area contributed by atoms with Gasteiger partial charge in [0.05, 0.1) is 10.5 Å². The normalized spacial score (nSPS) is 10.8. The summed E-state index contributed by atoms with van der Waals surface area (Å²) in [6.07, 6.45) is 1.76. The van der Waals surface area contributed by atoms with Gasteiger partial charge in [-0.1, -0.05) is 0 Å². The Morgan fingerprint density at radius 2 is 2.10 bits per heavy atom. The van der Waals surface area contributed by atoms with Crippen LogP contribution < -0.4 is 4.74 Å². The van der Waals surface area contributed by atoms with Crippen molar-refractivity contribution in [3.8, 4) is 5.75 Å². The predicted molar refractivity (Wildman–Crippen MR) is 61.8 cm³/mol. The molecule has 0 amide bonds. The summed E-state index contributed by atoms with van der Waals surface area (Å²) in [5.41, 5.74) is -1.35. The number of benzene rings is 1. The van der Waals surface area contributed by atoms with Crippen LogP contribution in [0, 0.1) is 10.1 Å². The van der Waals surface area contributed by atoms with E-state index in [0.29, 0.717) is 6.08 Å². The summed E-state index contributed by atoms with van der Waals surface area (Å²) in [6, 6.07) is 1.82. The number of aliphatic carboxylic acids is 1. The molecule has 0 fully saturated rings. The highest BCUT2D eigenvalue weighted by atomic mass is 19.3. The lowest BCUT2D eigenvalue weighted by atomic mass is 10.1. The van der Waals surface area contributed by atoms with Gasteiger partial charge in [-0.3, -0.25) is 14.9 Å². The van der Waals surface area contributed by atoms with Crippen LogP contribution >= 0.6 is 0 Å². The van der Waals surface area contributed by atoms with Crippen molar-refractivity contribution in [3.63, 3.8) is 0 Å². The first kappa shape index (κ1) is 15.2. The van der Waals surface area contributed by atoms with Crippen LogP contribution in [0.1, 0.15) is 15.9 Å². The number of aldehydes is 1. The number of carboxylic acids is 1. The molecule has 7 nitrogen and oxygen atoms in total. The van der Waals surface area contributed by atoms with Gasteiger partial charge in [-0.25, -0.2) is 4.79 Å². The van der Waals surface area contributed by atoms with Crippen molar-refractivity contribution in [2.24, 2.45) is 0 Å². The second-order valence-electron chi connectivity index (χ2n) is 3.38. The smallest absolute Gasteiger partial charge is 0.387 e. The average molecular weight is 287 g/mol. The van der Waals surface area contributed by atoms with E-state index in [1.807, 2.05) is 0 Å². The summed E-state index contributed by atoms with van der Waals surface area (Å²) >= 11 is 0. The van der Waals surface area contributed by atoms with Gasteiger partial charge in [0.15, 0.2) is 6.29 Å². The van der Waals surface area contributed by atoms with Crippen LogP contribution in [0.5, 0.6) is 5.75 Å². The van der Waals surface area contributed by atoms with E-state index in [1.54, 1.807) is 0 Å². The number of rotatable bonds is 6. The van der Waals surface area contributed by atoms with Gasteiger partial charge in [-0.05, 0) is 17.7 Å². The van der Waals surface area contributed by atoms with E-state index < -0.39 is 34.5 Å². The van der Waals surface area contributed by atoms with E-state index in [2.05, 4.69) is 4.74 Å². The van der Waals surface area contributed by atoms with Gasteiger partial charge < -0.3 is 9.84 Å². The number of nitro benzene ring substituents is 1. The van der Waals surface area contributed by atoms with Crippen LogP contribution in [0.4, 0.5) is 14.5 Å². The molecule has 1 aromatic rings. The number of hydrogen-bond acceptors (Lipinski definition) is 5. The van der Waals surface area contributed by atoms with E-state index >= 15 is 0 Å². The van der Waals surface area contributed by atoms with E-state index in [-0.39, 0.29) is 11.8 Å². The van der Waals surface area contributed by atoms with E-state index in [1.165, 1.54) is 0 Å². The van der Waals surface area contributed by atoms with Gasteiger partial charge in [0.1, 0.15) is 0 Å². The SMILES string of the molecule is O=Cc1cc(/C=C/C(=O)O)cc([N+](=O)[O-])c1OC(F)F. The van der Waals surface area contributed by atoms with Crippen LogP contribution in [-0.2, 0) is 4.79 Å². The number of halogens is 2. The van der Waals surface area contributed by atoms with Crippen molar-refractivity contribution < 1.29 is 33.1 Å². The molecule has 1 aromatic carbocycles. The van der Waals surface area contributed by atoms with Crippen molar-refractivity contribution >= 4 is 24.0 Å². The Morgan fingerprint density at radius 1 is 1.45 bits per heavy atom. The molecule has 0 bridgehead atoms. The second kappa shape index (κ2) is 6.36. The molecule has 0 radical (unpaired) electrons. The van der Waals surface area contributed by atoms with Crippen molar-refractivity contribution in [2.75, 3.05) is 0 Å². The molecular formula is C11H7F2NO6. The summed E-state index contributed by atoms with van der Waals surface area (Å²) in [7, 11) is 0. The van der Waals surface area contributed by atoms with Crippen LogP contribution in [0.25, 0.3) is 6.08 Å².